The summed E-state index contributed by atoms with van der Waals surface area (Å²) in [6, 6.07) is 0. The Labute approximate surface area is 237 Å². The zero-order valence-electron chi connectivity index (χ0n) is 26.6. The third-order valence-corrected chi connectivity index (χ3v) is 7.22. The lowest BCUT2D eigenvalue weighted by molar-refractivity contribution is 0.282. The van der Waals surface area contributed by atoms with Crippen LogP contribution in [0.2, 0.25) is 0 Å². The molecule has 0 unspecified atom stereocenters. The van der Waals surface area contributed by atoms with Crippen LogP contribution in [0.3, 0.4) is 0 Å². The van der Waals surface area contributed by atoms with Gasteiger partial charge >= 0.3 is 0 Å². The molecule has 0 aliphatic heterocycles. The Bertz CT molecular complexity index is 260. The molecule has 2 heteroatoms. The number of unbranched alkanes of at least 4 members (excludes halogenated alkanes) is 27. The second-order valence-corrected chi connectivity index (χ2v) is 10.9. The first-order chi connectivity index (χ1) is 17.8. The first kappa shape index (κ1) is 43.7. The van der Waals surface area contributed by atoms with E-state index < -0.39 is 0 Å². The molecule has 0 atom stereocenters. The van der Waals surface area contributed by atoms with Crippen molar-refractivity contribution in [1.29, 1.82) is 0 Å². The van der Waals surface area contributed by atoms with Crippen molar-refractivity contribution in [1.82, 2.24) is 0 Å². The van der Waals surface area contributed by atoms with Crippen LogP contribution in [-0.4, -0.2) is 17.2 Å². The van der Waals surface area contributed by atoms with Gasteiger partial charge in [-0.25, -0.2) is 0 Å². The molecule has 228 valence electrons. The van der Waals surface area contributed by atoms with Crippen molar-refractivity contribution in [2.24, 2.45) is 0 Å². The smallest absolute Gasteiger partial charge is 0.0431 e. The topological polar surface area (TPSA) is 51.7 Å². The average molecular weight is 529 g/mol. The van der Waals surface area contributed by atoms with E-state index in [0.29, 0.717) is 6.61 Å². The van der Waals surface area contributed by atoms with Crippen molar-refractivity contribution in [2.45, 2.75) is 207 Å². The van der Waals surface area contributed by atoms with Crippen LogP contribution in [0.4, 0.5) is 0 Å². The molecule has 2 nitrogen and oxygen atoms in total. The van der Waals surface area contributed by atoms with E-state index in [1.807, 2.05) is 0 Å². The van der Waals surface area contributed by atoms with E-state index in [2.05, 4.69) is 33.9 Å². The van der Waals surface area contributed by atoms with E-state index in [0.717, 1.165) is 6.42 Å². The summed E-state index contributed by atoms with van der Waals surface area (Å²) >= 11 is 0. The number of hydrogen-bond donors (Lipinski definition) is 1. The van der Waals surface area contributed by atoms with Crippen molar-refractivity contribution in [3.05, 3.63) is 13.2 Å². The van der Waals surface area contributed by atoms with Gasteiger partial charge in [-0.05, 0) is 6.42 Å². The van der Waals surface area contributed by atoms with Crippen LogP contribution in [0, 0.1) is 0 Å². The summed E-state index contributed by atoms with van der Waals surface area (Å²) in [6.45, 7) is 13.2. The Hall–Kier alpha value is -0.340. The Morgan fingerprint density at radius 2 is 0.432 bits per heavy atom. The minimum absolute atomic E-state index is 0. The summed E-state index contributed by atoms with van der Waals surface area (Å²) in [5.74, 6) is 0. The van der Waals surface area contributed by atoms with Crippen LogP contribution < -0.4 is 0 Å². The van der Waals surface area contributed by atoms with Crippen molar-refractivity contribution in [3.8, 4) is 0 Å². The zero-order chi connectivity index (χ0) is 27.2. The van der Waals surface area contributed by atoms with Crippen molar-refractivity contribution < 1.29 is 10.6 Å². The van der Waals surface area contributed by atoms with Crippen LogP contribution in [-0.2, 0) is 0 Å². The third kappa shape index (κ3) is 52.8. The molecule has 0 saturated heterocycles. The third-order valence-electron chi connectivity index (χ3n) is 7.22. The lowest BCUT2D eigenvalue weighted by Crippen LogP contribution is -1.84. The predicted molar refractivity (Wildman–Crippen MR) is 173 cm³/mol. The summed E-state index contributed by atoms with van der Waals surface area (Å²) in [5.41, 5.74) is 0. The van der Waals surface area contributed by atoms with Crippen molar-refractivity contribution in [2.75, 3.05) is 6.61 Å². The number of hydrogen-bond acceptors (Lipinski definition) is 1. The zero-order valence-corrected chi connectivity index (χ0v) is 26.6. The quantitative estimate of drug-likeness (QED) is 0.0796. The fraction of sp³-hybridized carbons (Fsp3) is 0.943. The SMILES string of the molecule is C=C.CCCCCCCCCCCCCCCCC.CCCCCCCCCCCCCCCCO.O. The second kappa shape index (κ2) is 48.7. The normalized spacial score (nSPS) is 10.2. The Morgan fingerprint density at radius 1 is 0.297 bits per heavy atom. The highest BCUT2D eigenvalue weighted by Crippen LogP contribution is 2.14. The summed E-state index contributed by atoms with van der Waals surface area (Å²) in [4.78, 5) is 0. The molecule has 0 aromatic carbocycles. The minimum Gasteiger partial charge on any atom is -0.412 e. The van der Waals surface area contributed by atoms with Crippen LogP contribution in [0.25, 0.3) is 0 Å². The van der Waals surface area contributed by atoms with Gasteiger partial charge in [0.1, 0.15) is 0 Å². The molecule has 0 spiro atoms. The average Bonchev–Trinajstić information content (AvgIpc) is 2.91. The molecular weight excluding hydrogens is 452 g/mol. The lowest BCUT2D eigenvalue weighted by atomic mass is 10.0. The van der Waals surface area contributed by atoms with Gasteiger partial charge < -0.3 is 10.6 Å². The number of rotatable bonds is 28. The molecular formula is C35H76O2. The molecule has 0 aromatic rings. The lowest BCUT2D eigenvalue weighted by Gasteiger charge is -2.02. The minimum atomic E-state index is 0. The molecule has 0 rings (SSSR count). The van der Waals surface area contributed by atoms with E-state index in [-0.39, 0.29) is 5.48 Å². The van der Waals surface area contributed by atoms with Gasteiger partial charge in [-0.2, -0.15) is 0 Å². The van der Waals surface area contributed by atoms with E-state index in [1.54, 1.807) is 0 Å². The first-order valence-electron chi connectivity index (χ1n) is 16.9. The maximum atomic E-state index is 8.64. The van der Waals surface area contributed by atoms with E-state index >= 15 is 0 Å². The second-order valence-electron chi connectivity index (χ2n) is 10.9. The largest absolute Gasteiger partial charge is 0.412 e. The molecule has 0 radical (unpaired) electrons. The van der Waals surface area contributed by atoms with Crippen LogP contribution in [0.15, 0.2) is 13.2 Å². The summed E-state index contributed by atoms with van der Waals surface area (Å²) in [6.07, 6.45) is 41.1. The molecule has 0 aliphatic rings. The Kier molecular flexibility index (Phi) is 57.5. The van der Waals surface area contributed by atoms with Gasteiger partial charge in [0.15, 0.2) is 0 Å². The molecule has 0 saturated carbocycles. The predicted octanol–water partition coefficient (Wildman–Crippen LogP) is 12.3. The summed E-state index contributed by atoms with van der Waals surface area (Å²) in [5, 5.41) is 8.64. The number of aliphatic hydroxyl groups is 1. The molecule has 0 bridgehead atoms. The molecule has 0 fully saturated rings. The van der Waals surface area contributed by atoms with Crippen molar-refractivity contribution >= 4 is 0 Å². The summed E-state index contributed by atoms with van der Waals surface area (Å²) in [7, 11) is 0. The monoisotopic (exact) mass is 529 g/mol. The molecule has 0 aliphatic carbocycles. The standard InChI is InChI=1S/C17H36.C16H34O.C2H4.H2O/c1-3-5-7-9-11-13-15-17-16-14-12-10-8-6-4-2;1-2-3-4-5-6-7-8-9-10-11-12-13-14-15-16-17;1-2;/h3-17H2,1-2H3;17H,2-16H2,1H3;1-2H2;1H2. The van der Waals surface area contributed by atoms with Gasteiger partial charge in [0, 0.05) is 6.61 Å². The molecule has 0 aromatic heterocycles. The molecule has 0 heterocycles. The van der Waals surface area contributed by atoms with Gasteiger partial charge in [-0.15, -0.1) is 13.2 Å². The highest BCUT2D eigenvalue weighted by Gasteiger charge is 1.94. The van der Waals surface area contributed by atoms with Gasteiger partial charge in [0.2, 0.25) is 0 Å². The van der Waals surface area contributed by atoms with Crippen LogP contribution in [0.1, 0.15) is 207 Å². The highest BCUT2D eigenvalue weighted by atomic mass is 16.2. The van der Waals surface area contributed by atoms with E-state index in [9.17, 15) is 0 Å². The van der Waals surface area contributed by atoms with Gasteiger partial charge in [-0.1, -0.05) is 201 Å². The Balaban J connectivity index is -0.000000269. The van der Waals surface area contributed by atoms with Crippen LogP contribution >= 0.6 is 0 Å². The van der Waals surface area contributed by atoms with Gasteiger partial charge in [-0.3, -0.25) is 0 Å². The fourth-order valence-corrected chi connectivity index (χ4v) is 4.75. The highest BCUT2D eigenvalue weighted by molar-refractivity contribution is 4.50. The van der Waals surface area contributed by atoms with Crippen LogP contribution in [0.5, 0.6) is 0 Å². The van der Waals surface area contributed by atoms with E-state index in [1.165, 1.54) is 180 Å². The maximum absolute atomic E-state index is 8.64. The molecule has 3 N–H and O–H groups in total. The van der Waals surface area contributed by atoms with Crippen molar-refractivity contribution in [3.63, 3.8) is 0 Å². The first-order valence-corrected chi connectivity index (χ1v) is 16.9. The molecule has 0 amide bonds. The summed E-state index contributed by atoms with van der Waals surface area (Å²) < 4.78 is 0. The Morgan fingerprint density at radius 3 is 0.568 bits per heavy atom. The molecule has 37 heavy (non-hydrogen) atoms. The van der Waals surface area contributed by atoms with Gasteiger partial charge in [0.05, 0.1) is 0 Å². The van der Waals surface area contributed by atoms with E-state index in [4.69, 9.17) is 5.11 Å². The number of aliphatic hydroxyl groups excluding tert-OH is 1. The maximum Gasteiger partial charge on any atom is 0.0431 e. The fourth-order valence-electron chi connectivity index (χ4n) is 4.75. The van der Waals surface area contributed by atoms with Gasteiger partial charge in [0.25, 0.3) is 0 Å².